The van der Waals surface area contributed by atoms with Gasteiger partial charge >= 0.3 is 0 Å². The predicted molar refractivity (Wildman–Crippen MR) is 78.7 cm³/mol. The molecule has 2 rings (SSSR count). The molecule has 0 saturated heterocycles. The first-order valence-corrected chi connectivity index (χ1v) is 7.18. The van der Waals surface area contributed by atoms with Crippen molar-refractivity contribution >= 4 is 34.5 Å². The predicted octanol–water partition coefficient (Wildman–Crippen LogP) is 4.31. The van der Waals surface area contributed by atoms with E-state index in [1.54, 1.807) is 17.4 Å². The van der Waals surface area contributed by atoms with Gasteiger partial charge < -0.3 is 5.73 Å². The zero-order valence-electron chi connectivity index (χ0n) is 10.2. The number of benzene rings is 1. The van der Waals surface area contributed by atoms with Crippen molar-refractivity contribution in [1.29, 1.82) is 0 Å². The van der Waals surface area contributed by atoms with Gasteiger partial charge in [-0.05, 0) is 38.0 Å². The summed E-state index contributed by atoms with van der Waals surface area (Å²) in [6.07, 6.45) is 0.693. The summed E-state index contributed by atoms with van der Waals surface area (Å²) in [6.45, 7) is 3.98. The number of hydrogen-bond donors (Lipinski definition) is 1. The topological polar surface area (TPSA) is 38.9 Å². The van der Waals surface area contributed by atoms with Crippen LogP contribution in [0.4, 0.5) is 0 Å². The molecule has 1 unspecified atom stereocenters. The third kappa shape index (κ3) is 3.04. The zero-order chi connectivity index (χ0) is 13.3. The summed E-state index contributed by atoms with van der Waals surface area (Å²) in [7, 11) is 0. The van der Waals surface area contributed by atoms with E-state index in [2.05, 4.69) is 4.98 Å². The van der Waals surface area contributed by atoms with Crippen molar-refractivity contribution in [3.63, 3.8) is 0 Å². The molecule has 1 aromatic carbocycles. The van der Waals surface area contributed by atoms with E-state index in [1.165, 1.54) is 0 Å². The molecular weight excluding hydrogens is 287 g/mol. The third-order valence-corrected chi connectivity index (χ3v) is 4.52. The molecule has 0 amide bonds. The number of aromatic nitrogens is 1. The van der Waals surface area contributed by atoms with E-state index in [1.807, 2.05) is 26.0 Å². The third-order valence-electron chi connectivity index (χ3n) is 2.73. The first-order valence-electron chi connectivity index (χ1n) is 5.61. The quantitative estimate of drug-likeness (QED) is 0.917. The molecule has 2 aromatic rings. The number of nitrogens with zero attached hydrogens (tertiary/aromatic N) is 1. The smallest absolute Gasteiger partial charge is 0.0900 e. The summed E-state index contributed by atoms with van der Waals surface area (Å²) in [5.41, 5.74) is 8.25. The fourth-order valence-electron chi connectivity index (χ4n) is 1.91. The Balaban J connectivity index is 2.21. The Kier molecular flexibility index (Phi) is 4.28. The first-order chi connectivity index (χ1) is 8.47. The van der Waals surface area contributed by atoms with Crippen LogP contribution in [0.5, 0.6) is 0 Å². The fraction of sp³-hybridized carbons (Fsp3) is 0.308. The number of rotatable bonds is 3. The molecule has 96 valence electrons. The lowest BCUT2D eigenvalue weighted by atomic mass is 10.0. The highest BCUT2D eigenvalue weighted by atomic mass is 35.5. The summed E-state index contributed by atoms with van der Waals surface area (Å²) in [5, 5.41) is 2.35. The van der Waals surface area contributed by atoms with Gasteiger partial charge in [0.05, 0.1) is 10.7 Å². The maximum Gasteiger partial charge on any atom is 0.0900 e. The van der Waals surface area contributed by atoms with Gasteiger partial charge in [0.15, 0.2) is 0 Å². The molecule has 0 aliphatic carbocycles. The van der Waals surface area contributed by atoms with Crippen LogP contribution in [0.3, 0.4) is 0 Å². The van der Waals surface area contributed by atoms with Crippen molar-refractivity contribution < 1.29 is 0 Å². The first kappa shape index (κ1) is 13.8. The minimum absolute atomic E-state index is 0.0742. The monoisotopic (exact) mass is 300 g/mol. The van der Waals surface area contributed by atoms with Crippen molar-refractivity contribution in [1.82, 2.24) is 4.98 Å². The second-order valence-corrected chi connectivity index (χ2v) is 6.31. The van der Waals surface area contributed by atoms with Gasteiger partial charge in [0.25, 0.3) is 0 Å². The molecule has 0 saturated carbocycles. The maximum atomic E-state index is 6.23. The Hall–Kier alpha value is -0.610. The summed E-state index contributed by atoms with van der Waals surface area (Å²) in [5.74, 6) is 0. The van der Waals surface area contributed by atoms with Gasteiger partial charge in [-0.1, -0.05) is 29.3 Å². The van der Waals surface area contributed by atoms with Crippen molar-refractivity contribution in [2.75, 3.05) is 0 Å². The molecule has 5 heteroatoms. The number of thiazole rings is 1. The highest BCUT2D eigenvalue weighted by molar-refractivity contribution is 7.11. The zero-order valence-corrected chi connectivity index (χ0v) is 12.5. The van der Waals surface area contributed by atoms with Gasteiger partial charge in [-0.3, -0.25) is 0 Å². The molecule has 1 atom stereocenters. The van der Waals surface area contributed by atoms with E-state index in [9.17, 15) is 0 Å². The standard InChI is InChI=1S/C13H14Cl2N2S/c1-7-13(18-8(2)17-7)12(16)5-9-3-4-10(14)6-11(9)15/h3-4,6,12H,5,16H2,1-2H3. The van der Waals surface area contributed by atoms with Gasteiger partial charge in [-0.15, -0.1) is 11.3 Å². The van der Waals surface area contributed by atoms with Gasteiger partial charge in [0.1, 0.15) is 0 Å². The van der Waals surface area contributed by atoms with Crippen LogP contribution in [0.25, 0.3) is 0 Å². The van der Waals surface area contributed by atoms with E-state index in [0.717, 1.165) is 21.1 Å². The van der Waals surface area contributed by atoms with E-state index >= 15 is 0 Å². The molecule has 0 spiro atoms. The Morgan fingerprint density at radius 3 is 2.61 bits per heavy atom. The lowest BCUT2D eigenvalue weighted by molar-refractivity contribution is 0.729. The molecule has 0 bridgehead atoms. The molecule has 1 aromatic heterocycles. The fourth-order valence-corrected chi connectivity index (χ4v) is 3.32. The summed E-state index contributed by atoms with van der Waals surface area (Å²) >= 11 is 13.7. The SMILES string of the molecule is Cc1nc(C)c(C(N)Cc2ccc(Cl)cc2Cl)s1. The molecular formula is C13H14Cl2N2S. The van der Waals surface area contributed by atoms with Crippen LogP contribution < -0.4 is 5.73 Å². The van der Waals surface area contributed by atoms with Gasteiger partial charge in [0.2, 0.25) is 0 Å². The van der Waals surface area contributed by atoms with Crippen molar-refractivity contribution in [2.24, 2.45) is 5.73 Å². The minimum atomic E-state index is -0.0742. The van der Waals surface area contributed by atoms with Crippen LogP contribution in [-0.2, 0) is 6.42 Å². The summed E-state index contributed by atoms with van der Waals surface area (Å²) in [6, 6.07) is 5.43. The van der Waals surface area contributed by atoms with Crippen molar-refractivity contribution in [3.05, 3.63) is 49.4 Å². The normalized spacial score (nSPS) is 12.7. The van der Waals surface area contributed by atoms with Crippen LogP contribution >= 0.6 is 34.5 Å². The van der Waals surface area contributed by atoms with Crippen LogP contribution in [-0.4, -0.2) is 4.98 Å². The Morgan fingerprint density at radius 1 is 1.33 bits per heavy atom. The minimum Gasteiger partial charge on any atom is -0.323 e. The summed E-state index contributed by atoms with van der Waals surface area (Å²) < 4.78 is 0. The van der Waals surface area contributed by atoms with Crippen LogP contribution in [0.1, 0.15) is 27.2 Å². The molecule has 1 heterocycles. The Labute approximate surface area is 121 Å². The molecule has 2 nitrogen and oxygen atoms in total. The molecule has 0 fully saturated rings. The van der Waals surface area contributed by atoms with Crippen molar-refractivity contribution in [2.45, 2.75) is 26.3 Å². The van der Waals surface area contributed by atoms with Gasteiger partial charge in [-0.2, -0.15) is 0 Å². The second-order valence-electron chi connectivity index (χ2n) is 4.23. The number of aryl methyl sites for hydroxylation is 2. The van der Waals surface area contributed by atoms with Crippen LogP contribution in [0.15, 0.2) is 18.2 Å². The van der Waals surface area contributed by atoms with Crippen LogP contribution in [0, 0.1) is 13.8 Å². The number of nitrogens with two attached hydrogens (primary N) is 1. The van der Waals surface area contributed by atoms with E-state index < -0.39 is 0 Å². The highest BCUT2D eigenvalue weighted by Gasteiger charge is 2.15. The van der Waals surface area contributed by atoms with Gasteiger partial charge in [0, 0.05) is 21.0 Å². The number of halogens is 2. The molecule has 0 aliphatic heterocycles. The molecule has 18 heavy (non-hydrogen) atoms. The summed E-state index contributed by atoms with van der Waals surface area (Å²) in [4.78, 5) is 5.52. The average Bonchev–Trinajstić information content (AvgIpc) is 2.62. The van der Waals surface area contributed by atoms with E-state index in [-0.39, 0.29) is 6.04 Å². The molecule has 0 radical (unpaired) electrons. The second kappa shape index (κ2) is 5.57. The van der Waals surface area contributed by atoms with E-state index in [0.29, 0.717) is 16.5 Å². The molecule has 0 aliphatic rings. The Bertz CT molecular complexity index is 566. The number of hydrogen-bond acceptors (Lipinski definition) is 3. The lowest BCUT2D eigenvalue weighted by Gasteiger charge is -2.12. The van der Waals surface area contributed by atoms with Crippen molar-refractivity contribution in [3.8, 4) is 0 Å². The largest absolute Gasteiger partial charge is 0.323 e. The van der Waals surface area contributed by atoms with Gasteiger partial charge in [-0.25, -0.2) is 4.98 Å². The maximum absolute atomic E-state index is 6.23. The highest BCUT2D eigenvalue weighted by Crippen LogP contribution is 2.29. The van der Waals surface area contributed by atoms with Crippen LogP contribution in [0.2, 0.25) is 10.0 Å². The average molecular weight is 301 g/mol. The Morgan fingerprint density at radius 2 is 2.06 bits per heavy atom. The molecule has 2 N–H and O–H groups in total. The van der Waals surface area contributed by atoms with E-state index in [4.69, 9.17) is 28.9 Å². The lowest BCUT2D eigenvalue weighted by Crippen LogP contribution is -2.13.